The monoisotopic (exact) mass is 248 g/mol. The van der Waals surface area contributed by atoms with Gasteiger partial charge in [0.05, 0.1) is 0 Å². The molecule has 2 aromatic rings. The van der Waals surface area contributed by atoms with Crippen LogP contribution in [-0.2, 0) is 6.54 Å². The van der Waals surface area contributed by atoms with Gasteiger partial charge in [-0.2, -0.15) is 0 Å². The Morgan fingerprint density at radius 2 is 1.84 bits per heavy atom. The van der Waals surface area contributed by atoms with Crippen molar-refractivity contribution in [1.29, 1.82) is 0 Å². The van der Waals surface area contributed by atoms with Crippen molar-refractivity contribution in [2.45, 2.75) is 6.54 Å². The van der Waals surface area contributed by atoms with Gasteiger partial charge < -0.3 is 10.2 Å². The highest BCUT2D eigenvalue weighted by Crippen LogP contribution is 2.29. The lowest BCUT2D eigenvalue weighted by atomic mass is 9.97. The fourth-order valence-corrected chi connectivity index (χ4v) is 2.89. The Kier molecular flexibility index (Phi) is 2.34. The van der Waals surface area contributed by atoms with Crippen LogP contribution in [0.15, 0.2) is 54.4 Å². The van der Waals surface area contributed by atoms with Crippen LogP contribution in [-0.4, -0.2) is 18.0 Å². The summed E-state index contributed by atoms with van der Waals surface area (Å²) >= 11 is 0. The molecular formula is C17H16N2. The third-order valence-corrected chi connectivity index (χ3v) is 3.93. The Morgan fingerprint density at radius 1 is 0.947 bits per heavy atom. The summed E-state index contributed by atoms with van der Waals surface area (Å²) in [4.78, 5) is 2.41. The second kappa shape index (κ2) is 4.16. The van der Waals surface area contributed by atoms with Crippen LogP contribution in [0.4, 0.5) is 0 Å². The minimum absolute atomic E-state index is 1.03. The maximum atomic E-state index is 3.45. The Morgan fingerprint density at radius 3 is 2.74 bits per heavy atom. The smallest absolute Gasteiger partial charge is 0.102 e. The molecule has 0 bridgehead atoms. The fraction of sp³-hybridized carbons (Fsp3) is 0.176. The molecule has 4 rings (SSSR count). The zero-order chi connectivity index (χ0) is 12.7. The summed E-state index contributed by atoms with van der Waals surface area (Å²) in [5.74, 6) is 1.28. The van der Waals surface area contributed by atoms with Gasteiger partial charge in [-0.3, -0.25) is 0 Å². The number of nitrogens with zero attached hydrogens (tertiary/aromatic N) is 1. The lowest BCUT2D eigenvalue weighted by Gasteiger charge is -2.25. The van der Waals surface area contributed by atoms with Gasteiger partial charge in [0, 0.05) is 19.6 Å². The highest BCUT2D eigenvalue weighted by molar-refractivity contribution is 5.70. The van der Waals surface area contributed by atoms with Crippen molar-refractivity contribution in [3.63, 3.8) is 0 Å². The van der Waals surface area contributed by atoms with Crippen LogP contribution in [0.5, 0.6) is 0 Å². The van der Waals surface area contributed by atoms with E-state index in [1.165, 1.54) is 28.1 Å². The van der Waals surface area contributed by atoms with Crippen molar-refractivity contribution in [3.05, 3.63) is 65.5 Å². The Bertz CT molecular complexity index is 644. The summed E-state index contributed by atoms with van der Waals surface area (Å²) in [5, 5.41) is 3.45. The summed E-state index contributed by atoms with van der Waals surface area (Å²) in [6.07, 6.45) is 2.28. The largest absolute Gasteiger partial charge is 0.370 e. The molecule has 0 spiro atoms. The molecule has 19 heavy (non-hydrogen) atoms. The number of fused-ring (bicyclic) bond motifs is 2. The van der Waals surface area contributed by atoms with Gasteiger partial charge in [-0.05, 0) is 34.4 Å². The second-order valence-corrected chi connectivity index (χ2v) is 5.16. The molecule has 0 radical (unpaired) electrons. The highest BCUT2D eigenvalue weighted by atomic mass is 15.3. The maximum absolute atomic E-state index is 3.45. The van der Waals surface area contributed by atoms with E-state index in [1.807, 2.05) is 0 Å². The first-order valence-corrected chi connectivity index (χ1v) is 6.79. The molecule has 0 amide bonds. The molecule has 2 nitrogen and oxygen atoms in total. The summed E-state index contributed by atoms with van der Waals surface area (Å²) < 4.78 is 0. The van der Waals surface area contributed by atoms with Crippen LogP contribution in [0.2, 0.25) is 0 Å². The van der Waals surface area contributed by atoms with E-state index in [0.717, 1.165) is 19.6 Å². The van der Waals surface area contributed by atoms with E-state index in [0.29, 0.717) is 0 Å². The molecule has 1 fully saturated rings. The van der Waals surface area contributed by atoms with Crippen LogP contribution in [0, 0.1) is 0 Å². The first kappa shape index (κ1) is 10.7. The number of hydrogen-bond acceptors (Lipinski definition) is 2. The fourth-order valence-electron chi connectivity index (χ4n) is 2.89. The first-order valence-electron chi connectivity index (χ1n) is 6.79. The molecular weight excluding hydrogens is 232 g/mol. The van der Waals surface area contributed by atoms with Crippen molar-refractivity contribution in [3.8, 4) is 11.1 Å². The number of rotatable bonds is 1. The summed E-state index contributed by atoms with van der Waals surface area (Å²) in [7, 11) is 0. The average molecular weight is 248 g/mol. The van der Waals surface area contributed by atoms with Gasteiger partial charge in [0.1, 0.15) is 5.82 Å². The molecule has 2 aromatic carbocycles. The predicted octanol–water partition coefficient (Wildman–Crippen LogP) is 3.07. The molecule has 1 N–H and O–H groups in total. The Balaban J connectivity index is 1.78. The quantitative estimate of drug-likeness (QED) is 0.834. The number of hydrogen-bond donors (Lipinski definition) is 1. The van der Waals surface area contributed by atoms with E-state index in [2.05, 4.69) is 64.8 Å². The number of benzene rings is 2. The second-order valence-electron chi connectivity index (χ2n) is 5.16. The minimum atomic E-state index is 1.03. The maximum Gasteiger partial charge on any atom is 0.102 e. The highest BCUT2D eigenvalue weighted by Gasteiger charge is 2.21. The van der Waals surface area contributed by atoms with Crippen LogP contribution >= 0.6 is 0 Å². The van der Waals surface area contributed by atoms with Gasteiger partial charge in [-0.1, -0.05) is 42.5 Å². The molecule has 2 aliphatic heterocycles. The average Bonchev–Trinajstić information content (AvgIpc) is 2.92. The molecule has 0 atom stereocenters. The summed E-state index contributed by atoms with van der Waals surface area (Å²) in [6.45, 7) is 3.21. The lowest BCUT2D eigenvalue weighted by molar-refractivity contribution is 0.386. The topological polar surface area (TPSA) is 15.3 Å². The summed E-state index contributed by atoms with van der Waals surface area (Å²) in [5.41, 5.74) is 5.35. The molecule has 0 saturated carbocycles. The van der Waals surface area contributed by atoms with Gasteiger partial charge in [-0.15, -0.1) is 0 Å². The van der Waals surface area contributed by atoms with Gasteiger partial charge in [0.15, 0.2) is 0 Å². The number of nitrogens with one attached hydrogen (secondary N) is 1. The molecule has 0 aromatic heterocycles. The third kappa shape index (κ3) is 1.80. The van der Waals surface area contributed by atoms with Crippen molar-refractivity contribution >= 4 is 6.08 Å². The first-order chi connectivity index (χ1) is 9.40. The van der Waals surface area contributed by atoms with Gasteiger partial charge in [0.2, 0.25) is 0 Å². The molecule has 0 unspecified atom stereocenters. The van der Waals surface area contributed by atoms with E-state index in [1.54, 1.807) is 0 Å². The zero-order valence-corrected chi connectivity index (χ0v) is 10.8. The zero-order valence-electron chi connectivity index (χ0n) is 10.8. The molecule has 0 aliphatic carbocycles. The minimum Gasteiger partial charge on any atom is -0.370 e. The SMILES string of the molecule is C1=C2NCCN2Cc2ccc(-c3ccccc3)cc21. The van der Waals surface area contributed by atoms with Crippen molar-refractivity contribution in [1.82, 2.24) is 10.2 Å². The van der Waals surface area contributed by atoms with Crippen LogP contribution in [0.1, 0.15) is 11.1 Å². The normalized spacial score (nSPS) is 16.4. The van der Waals surface area contributed by atoms with Crippen molar-refractivity contribution in [2.24, 2.45) is 0 Å². The summed E-state index contributed by atoms with van der Waals surface area (Å²) in [6, 6.07) is 17.4. The Labute approximate surface area is 113 Å². The standard InChI is InChI=1S/C17H16N2/c1-2-4-13(5-3-1)14-6-7-15-12-19-9-8-18-17(19)11-16(15)10-14/h1-7,10-11,18H,8-9,12H2. The molecule has 1 saturated heterocycles. The van der Waals surface area contributed by atoms with E-state index in [-0.39, 0.29) is 0 Å². The van der Waals surface area contributed by atoms with Crippen molar-refractivity contribution < 1.29 is 0 Å². The third-order valence-electron chi connectivity index (χ3n) is 3.93. The van der Waals surface area contributed by atoms with E-state index < -0.39 is 0 Å². The Hall–Kier alpha value is -2.22. The van der Waals surface area contributed by atoms with Crippen LogP contribution in [0.3, 0.4) is 0 Å². The molecule has 2 heterocycles. The van der Waals surface area contributed by atoms with Gasteiger partial charge in [0.25, 0.3) is 0 Å². The van der Waals surface area contributed by atoms with Crippen molar-refractivity contribution in [2.75, 3.05) is 13.1 Å². The van der Waals surface area contributed by atoms with E-state index in [9.17, 15) is 0 Å². The van der Waals surface area contributed by atoms with Gasteiger partial charge >= 0.3 is 0 Å². The van der Waals surface area contributed by atoms with E-state index >= 15 is 0 Å². The van der Waals surface area contributed by atoms with Gasteiger partial charge in [-0.25, -0.2) is 0 Å². The molecule has 2 aliphatic rings. The van der Waals surface area contributed by atoms with Crippen LogP contribution < -0.4 is 5.32 Å². The molecule has 2 heteroatoms. The van der Waals surface area contributed by atoms with E-state index in [4.69, 9.17) is 0 Å². The van der Waals surface area contributed by atoms with Crippen LogP contribution in [0.25, 0.3) is 17.2 Å². The lowest BCUT2D eigenvalue weighted by Crippen LogP contribution is -2.23. The molecule has 94 valence electrons. The predicted molar refractivity (Wildman–Crippen MR) is 78.3 cm³/mol.